The van der Waals surface area contributed by atoms with Crippen molar-refractivity contribution in [3.05, 3.63) is 51.7 Å². The van der Waals surface area contributed by atoms with Crippen molar-refractivity contribution in [1.82, 2.24) is 0 Å². The molecule has 0 aliphatic carbocycles. The van der Waals surface area contributed by atoms with Gasteiger partial charge in [0.15, 0.2) is 11.6 Å². The summed E-state index contributed by atoms with van der Waals surface area (Å²) in [4.78, 5) is 12.4. The molecule has 0 aliphatic rings. The van der Waals surface area contributed by atoms with Gasteiger partial charge in [0.05, 0.1) is 11.3 Å². The molecule has 6 nitrogen and oxygen atoms in total. The van der Waals surface area contributed by atoms with E-state index < -0.39 is 74.3 Å². The molecule has 3 N–H and O–H groups in total. The van der Waals surface area contributed by atoms with Gasteiger partial charge in [-0.2, -0.15) is 35.1 Å². The van der Waals surface area contributed by atoms with Crippen LogP contribution in [0.2, 0.25) is 0 Å². The molecular weight excluding hydrogens is 566 g/mol. The van der Waals surface area contributed by atoms with Crippen molar-refractivity contribution in [2.75, 3.05) is 10.5 Å². The molecule has 0 aromatic heterocycles. The highest BCUT2D eigenvalue weighted by atomic mass is 79.9. The number of carbonyl (C=O) groups excluding carboxylic acids is 1. The number of amides is 1. The number of alkyl halides is 9. The third-order valence-electron chi connectivity index (χ3n) is 4.13. The highest BCUT2D eigenvalue weighted by molar-refractivity contribution is 9.10. The summed E-state index contributed by atoms with van der Waals surface area (Å²) in [5.74, 6) is -4.64. The van der Waals surface area contributed by atoms with Crippen LogP contribution in [0.1, 0.15) is 15.9 Å². The van der Waals surface area contributed by atoms with Crippen LogP contribution in [0.15, 0.2) is 34.8 Å². The van der Waals surface area contributed by atoms with Gasteiger partial charge in [-0.3, -0.25) is 15.2 Å². The van der Waals surface area contributed by atoms with Crippen LogP contribution in [0.3, 0.4) is 0 Å². The number of nitrogens with zero attached hydrogens (tertiary/aromatic N) is 1. The van der Waals surface area contributed by atoms with Gasteiger partial charge in [-0.1, -0.05) is 6.07 Å². The molecule has 2 aromatic carbocycles. The molecule has 0 aliphatic heterocycles. The van der Waals surface area contributed by atoms with E-state index in [0.717, 1.165) is 18.2 Å². The number of rotatable bonds is 6. The number of benzene rings is 2. The van der Waals surface area contributed by atoms with Crippen LogP contribution in [0.4, 0.5) is 55.3 Å². The lowest BCUT2D eigenvalue weighted by molar-refractivity contribution is -0.348. The lowest BCUT2D eigenvalue weighted by Crippen LogP contribution is -2.50. The summed E-state index contributed by atoms with van der Waals surface area (Å²) in [6, 6.07) is 2.03. The van der Waals surface area contributed by atoms with Crippen LogP contribution in [0.25, 0.3) is 0 Å². The van der Waals surface area contributed by atoms with Crippen LogP contribution >= 0.6 is 15.9 Å². The third kappa shape index (κ3) is 5.15. The Balaban J connectivity index is 2.65. The number of hydrogen-bond acceptors (Lipinski definition) is 5. The Hall–Kier alpha value is -2.79. The van der Waals surface area contributed by atoms with Gasteiger partial charge in [-0.15, -0.1) is 5.23 Å². The minimum absolute atomic E-state index is 0.0924. The second-order valence-corrected chi connectivity index (χ2v) is 7.10. The molecule has 0 saturated carbocycles. The SMILES string of the molecule is O=C(Nc1c(Br)cc(C(F)(C(F)(F)F)C(F)(F)F)cc1OC(F)F)c1cccc(N(O)O)c1F. The van der Waals surface area contributed by atoms with Crippen molar-refractivity contribution in [3.8, 4) is 5.75 Å². The van der Waals surface area contributed by atoms with Crippen LogP contribution in [0, 0.1) is 5.82 Å². The average molecular weight is 575 g/mol. The number of halogens is 11. The lowest BCUT2D eigenvalue weighted by Gasteiger charge is -2.31. The fourth-order valence-electron chi connectivity index (χ4n) is 2.61. The summed E-state index contributed by atoms with van der Waals surface area (Å²) in [5.41, 5.74) is -11.2. The maximum Gasteiger partial charge on any atom is 0.435 e. The molecule has 0 heterocycles. The van der Waals surface area contributed by atoms with Gasteiger partial charge in [0.2, 0.25) is 0 Å². The second kappa shape index (κ2) is 9.46. The van der Waals surface area contributed by atoms with Crippen molar-refractivity contribution < 1.29 is 63.9 Å². The van der Waals surface area contributed by atoms with Crippen molar-refractivity contribution in [2.45, 2.75) is 24.6 Å². The van der Waals surface area contributed by atoms with Crippen LogP contribution in [-0.2, 0) is 5.67 Å². The van der Waals surface area contributed by atoms with E-state index in [4.69, 9.17) is 10.4 Å². The predicted octanol–water partition coefficient (Wildman–Crippen LogP) is 6.32. The molecule has 0 radical (unpaired) electrons. The highest BCUT2D eigenvalue weighted by Gasteiger charge is 2.73. The first-order chi connectivity index (χ1) is 15.4. The maximum atomic E-state index is 14.4. The van der Waals surface area contributed by atoms with Gasteiger partial charge >= 0.3 is 24.6 Å². The van der Waals surface area contributed by atoms with Crippen molar-refractivity contribution >= 4 is 33.2 Å². The number of nitrogens with one attached hydrogen (secondary N) is 1. The minimum Gasteiger partial charge on any atom is -0.433 e. The van der Waals surface area contributed by atoms with E-state index in [1.54, 1.807) is 5.32 Å². The predicted molar refractivity (Wildman–Crippen MR) is 96.1 cm³/mol. The molecule has 34 heavy (non-hydrogen) atoms. The Labute approximate surface area is 190 Å². The van der Waals surface area contributed by atoms with Gasteiger partial charge in [0.25, 0.3) is 5.91 Å². The van der Waals surface area contributed by atoms with Crippen LogP contribution < -0.4 is 15.3 Å². The number of ether oxygens (including phenoxy) is 1. The van der Waals surface area contributed by atoms with Gasteiger partial charge in [0.1, 0.15) is 5.69 Å². The van der Waals surface area contributed by atoms with E-state index >= 15 is 0 Å². The van der Waals surface area contributed by atoms with Crippen molar-refractivity contribution in [2.24, 2.45) is 0 Å². The summed E-state index contributed by atoms with van der Waals surface area (Å²) in [7, 11) is 0. The van der Waals surface area contributed by atoms with Crippen molar-refractivity contribution in [3.63, 3.8) is 0 Å². The fourth-order valence-corrected chi connectivity index (χ4v) is 3.15. The Kier molecular flexibility index (Phi) is 7.64. The van der Waals surface area contributed by atoms with E-state index in [-0.39, 0.29) is 12.1 Å². The summed E-state index contributed by atoms with van der Waals surface area (Å²) in [5, 5.41) is 18.8. The normalized spacial score (nSPS) is 12.6. The zero-order chi connectivity index (χ0) is 26.2. The summed E-state index contributed by atoms with van der Waals surface area (Å²) in [6.07, 6.45) is -13.2. The fraction of sp³-hybridized carbons (Fsp3) is 0.235. The Bertz CT molecular complexity index is 1060. The molecule has 17 heteroatoms. The Morgan fingerprint density at radius 3 is 2.06 bits per heavy atom. The molecule has 2 aromatic rings. The molecule has 0 unspecified atom stereocenters. The molecule has 1 amide bonds. The monoisotopic (exact) mass is 574 g/mol. The minimum atomic E-state index is -6.58. The number of carbonyl (C=O) groups is 1. The number of hydrogen-bond donors (Lipinski definition) is 3. The Morgan fingerprint density at radius 1 is 1.03 bits per heavy atom. The van der Waals surface area contributed by atoms with E-state index in [0.29, 0.717) is 0 Å². The third-order valence-corrected chi connectivity index (χ3v) is 4.75. The Morgan fingerprint density at radius 2 is 1.59 bits per heavy atom. The largest absolute Gasteiger partial charge is 0.435 e. The van der Waals surface area contributed by atoms with Gasteiger partial charge in [-0.05, 0) is 40.2 Å². The molecule has 0 atom stereocenters. The summed E-state index contributed by atoms with van der Waals surface area (Å²) < 4.78 is 135. The van der Waals surface area contributed by atoms with Crippen LogP contribution in [0.5, 0.6) is 5.75 Å². The maximum absolute atomic E-state index is 14.4. The second-order valence-electron chi connectivity index (χ2n) is 6.25. The quantitative estimate of drug-likeness (QED) is 0.278. The molecule has 188 valence electrons. The zero-order valence-electron chi connectivity index (χ0n) is 15.8. The van der Waals surface area contributed by atoms with E-state index in [1.807, 2.05) is 0 Å². The standard InChI is InChI=1S/C17H9BrF10N2O4/c18-8-4-6(15(22,16(23,24)25)17(26,27)28)5-10(34-14(20)21)12(8)29-13(31)7-2-1-3-9(11(7)19)30(32)33/h1-5,14,32-33H,(H,29,31). The molecule has 0 saturated heterocycles. The zero-order valence-corrected chi connectivity index (χ0v) is 17.4. The highest BCUT2D eigenvalue weighted by Crippen LogP contribution is 2.55. The average Bonchev–Trinajstić information content (AvgIpc) is 2.67. The summed E-state index contributed by atoms with van der Waals surface area (Å²) in [6.45, 7) is -3.86. The van der Waals surface area contributed by atoms with E-state index in [9.17, 15) is 48.7 Å². The van der Waals surface area contributed by atoms with Gasteiger partial charge in [0, 0.05) is 10.0 Å². The van der Waals surface area contributed by atoms with Crippen LogP contribution in [-0.4, -0.2) is 35.3 Å². The number of anilines is 2. The molecule has 0 spiro atoms. The molecule has 0 fully saturated rings. The van der Waals surface area contributed by atoms with Crippen molar-refractivity contribution in [1.29, 1.82) is 0 Å². The van der Waals surface area contributed by atoms with E-state index in [1.165, 1.54) is 0 Å². The smallest absolute Gasteiger partial charge is 0.433 e. The first-order valence-corrected chi connectivity index (χ1v) is 9.10. The first kappa shape index (κ1) is 27.5. The molecule has 2 rings (SSSR count). The van der Waals surface area contributed by atoms with Gasteiger partial charge < -0.3 is 10.1 Å². The van der Waals surface area contributed by atoms with Gasteiger partial charge in [-0.25, -0.2) is 8.78 Å². The first-order valence-electron chi connectivity index (χ1n) is 8.30. The summed E-state index contributed by atoms with van der Waals surface area (Å²) >= 11 is 2.45. The molecule has 0 bridgehead atoms. The topological polar surface area (TPSA) is 82.0 Å². The molecular formula is C17H9BrF10N2O4. The van der Waals surface area contributed by atoms with E-state index in [2.05, 4.69) is 20.7 Å². The lowest BCUT2D eigenvalue weighted by atomic mass is 9.93.